The van der Waals surface area contributed by atoms with E-state index in [4.69, 9.17) is 17.3 Å². The molecule has 0 aliphatic heterocycles. The molecule has 1 rings (SSSR count). The van der Waals surface area contributed by atoms with Gasteiger partial charge in [0.15, 0.2) is 0 Å². The maximum atomic E-state index is 10.9. The third kappa shape index (κ3) is 2.61. The number of nitrogens with one attached hydrogen (secondary N) is 1. The van der Waals surface area contributed by atoms with Gasteiger partial charge in [0.2, 0.25) is 0 Å². The largest absolute Gasteiger partial charge is 0.453 e. The predicted molar refractivity (Wildman–Crippen MR) is 55.4 cm³/mol. The highest BCUT2D eigenvalue weighted by Gasteiger charge is 2.05. The number of ether oxygens (including phenoxy) is 1. The first kappa shape index (κ1) is 10.8. The fourth-order valence-corrected chi connectivity index (χ4v) is 1.12. The highest BCUT2D eigenvalue weighted by molar-refractivity contribution is 6.33. The van der Waals surface area contributed by atoms with Gasteiger partial charge in [-0.2, -0.15) is 0 Å². The summed E-state index contributed by atoms with van der Waals surface area (Å²) >= 11 is 5.84. The number of hydrogen-bond donors (Lipinski definition) is 2. The van der Waals surface area contributed by atoms with Crippen LogP contribution in [0.2, 0.25) is 5.02 Å². The number of amides is 1. The Morgan fingerprint density at radius 3 is 2.93 bits per heavy atom. The molecule has 3 N–H and O–H groups in total. The van der Waals surface area contributed by atoms with Crippen LogP contribution < -0.4 is 11.1 Å². The Labute approximate surface area is 87.0 Å². The van der Waals surface area contributed by atoms with Crippen LogP contribution in [0.5, 0.6) is 0 Å². The highest BCUT2D eigenvalue weighted by Crippen LogP contribution is 2.22. The quantitative estimate of drug-likeness (QED) is 0.791. The van der Waals surface area contributed by atoms with Crippen LogP contribution in [-0.4, -0.2) is 13.2 Å². The van der Waals surface area contributed by atoms with Gasteiger partial charge in [0.25, 0.3) is 0 Å². The van der Waals surface area contributed by atoms with Crippen molar-refractivity contribution in [3.8, 4) is 0 Å². The van der Waals surface area contributed by atoms with E-state index in [1.165, 1.54) is 7.11 Å². The second-order valence-electron chi connectivity index (χ2n) is 2.63. The zero-order chi connectivity index (χ0) is 10.6. The minimum atomic E-state index is -0.555. The van der Waals surface area contributed by atoms with E-state index in [2.05, 4.69) is 10.1 Å². The SMILES string of the molecule is COC(=O)Nc1cc(CN)ccc1Cl. The van der Waals surface area contributed by atoms with Crippen LogP contribution >= 0.6 is 11.6 Å². The zero-order valence-corrected chi connectivity index (χ0v) is 8.47. The summed E-state index contributed by atoms with van der Waals surface area (Å²) in [7, 11) is 1.29. The molecule has 0 aliphatic carbocycles. The monoisotopic (exact) mass is 214 g/mol. The van der Waals surface area contributed by atoms with E-state index in [-0.39, 0.29) is 0 Å². The van der Waals surface area contributed by atoms with E-state index in [9.17, 15) is 4.79 Å². The van der Waals surface area contributed by atoms with Crippen molar-refractivity contribution < 1.29 is 9.53 Å². The van der Waals surface area contributed by atoms with Crippen molar-refractivity contribution in [3.63, 3.8) is 0 Å². The maximum absolute atomic E-state index is 10.9. The first-order valence-electron chi connectivity index (χ1n) is 4.01. The van der Waals surface area contributed by atoms with Gasteiger partial charge in [0.1, 0.15) is 0 Å². The van der Waals surface area contributed by atoms with Crippen LogP contribution in [0.3, 0.4) is 0 Å². The lowest BCUT2D eigenvalue weighted by molar-refractivity contribution is 0.187. The molecule has 0 fully saturated rings. The van der Waals surface area contributed by atoms with Crippen molar-refractivity contribution in [2.24, 2.45) is 5.73 Å². The summed E-state index contributed by atoms with van der Waals surface area (Å²) in [5.74, 6) is 0. The number of halogens is 1. The lowest BCUT2D eigenvalue weighted by Gasteiger charge is -2.07. The van der Waals surface area contributed by atoms with Crippen molar-refractivity contribution in [2.45, 2.75) is 6.54 Å². The molecule has 14 heavy (non-hydrogen) atoms. The standard InChI is InChI=1S/C9H11ClN2O2/c1-14-9(13)12-8-4-6(5-11)2-3-7(8)10/h2-4H,5,11H2,1H3,(H,12,13). The second kappa shape index (κ2) is 4.83. The van der Waals surface area contributed by atoms with Gasteiger partial charge in [-0.1, -0.05) is 17.7 Å². The molecule has 1 aromatic carbocycles. The summed E-state index contributed by atoms with van der Waals surface area (Å²) in [6, 6.07) is 5.18. The third-order valence-electron chi connectivity index (χ3n) is 1.69. The Morgan fingerprint density at radius 2 is 2.36 bits per heavy atom. The molecular formula is C9H11ClN2O2. The number of benzene rings is 1. The number of anilines is 1. The Morgan fingerprint density at radius 1 is 1.64 bits per heavy atom. The van der Waals surface area contributed by atoms with E-state index in [0.29, 0.717) is 17.3 Å². The molecule has 1 aromatic rings. The van der Waals surface area contributed by atoms with E-state index >= 15 is 0 Å². The van der Waals surface area contributed by atoms with Crippen molar-refractivity contribution >= 4 is 23.4 Å². The molecule has 0 bridgehead atoms. The normalized spacial score (nSPS) is 9.64. The van der Waals surface area contributed by atoms with Crippen LogP contribution in [0.1, 0.15) is 5.56 Å². The van der Waals surface area contributed by atoms with Gasteiger partial charge in [0, 0.05) is 6.54 Å². The van der Waals surface area contributed by atoms with E-state index in [0.717, 1.165) is 5.56 Å². The maximum Gasteiger partial charge on any atom is 0.411 e. The van der Waals surface area contributed by atoms with Gasteiger partial charge in [-0.25, -0.2) is 4.79 Å². The van der Waals surface area contributed by atoms with Gasteiger partial charge < -0.3 is 10.5 Å². The van der Waals surface area contributed by atoms with Crippen molar-refractivity contribution in [1.82, 2.24) is 0 Å². The van der Waals surface area contributed by atoms with E-state index in [1.807, 2.05) is 0 Å². The first-order valence-corrected chi connectivity index (χ1v) is 4.38. The van der Waals surface area contributed by atoms with Crippen molar-refractivity contribution in [2.75, 3.05) is 12.4 Å². The Hall–Kier alpha value is -1.26. The molecule has 1 amide bonds. The minimum Gasteiger partial charge on any atom is -0.453 e. The lowest BCUT2D eigenvalue weighted by atomic mass is 10.2. The van der Waals surface area contributed by atoms with Crippen LogP contribution in [-0.2, 0) is 11.3 Å². The fourth-order valence-electron chi connectivity index (χ4n) is 0.956. The smallest absolute Gasteiger partial charge is 0.411 e. The average Bonchev–Trinajstić information content (AvgIpc) is 2.21. The summed E-state index contributed by atoms with van der Waals surface area (Å²) in [4.78, 5) is 10.9. The van der Waals surface area contributed by atoms with Gasteiger partial charge in [-0.3, -0.25) is 5.32 Å². The van der Waals surface area contributed by atoms with E-state index in [1.54, 1.807) is 18.2 Å². The summed E-state index contributed by atoms with van der Waals surface area (Å²) in [5, 5.41) is 2.94. The topological polar surface area (TPSA) is 64.3 Å². The molecule has 4 nitrogen and oxygen atoms in total. The van der Waals surface area contributed by atoms with Gasteiger partial charge in [0.05, 0.1) is 17.8 Å². The highest BCUT2D eigenvalue weighted by atomic mass is 35.5. The van der Waals surface area contributed by atoms with Crippen molar-refractivity contribution in [3.05, 3.63) is 28.8 Å². The van der Waals surface area contributed by atoms with Gasteiger partial charge >= 0.3 is 6.09 Å². The molecule has 5 heteroatoms. The number of hydrogen-bond acceptors (Lipinski definition) is 3. The molecule has 0 spiro atoms. The Bertz CT molecular complexity index is 342. The predicted octanol–water partition coefficient (Wildman–Crippen LogP) is 1.98. The Kier molecular flexibility index (Phi) is 3.73. The van der Waals surface area contributed by atoms with Crippen molar-refractivity contribution in [1.29, 1.82) is 0 Å². The fraction of sp³-hybridized carbons (Fsp3) is 0.222. The molecule has 0 aromatic heterocycles. The van der Waals surface area contributed by atoms with Crippen LogP contribution in [0.15, 0.2) is 18.2 Å². The molecule has 76 valence electrons. The second-order valence-corrected chi connectivity index (χ2v) is 3.04. The molecule has 0 atom stereocenters. The molecule has 0 unspecified atom stereocenters. The molecule has 0 saturated heterocycles. The summed E-state index contributed by atoms with van der Waals surface area (Å²) in [6.45, 7) is 0.396. The average molecular weight is 215 g/mol. The number of carbonyl (C=O) groups is 1. The molecule has 0 saturated carbocycles. The molecule has 0 radical (unpaired) electrons. The first-order chi connectivity index (χ1) is 6.67. The molecule has 0 heterocycles. The number of carbonyl (C=O) groups excluding carboxylic acids is 1. The Balaban J connectivity index is 2.89. The van der Waals surface area contributed by atoms with E-state index < -0.39 is 6.09 Å². The number of methoxy groups -OCH3 is 1. The summed E-state index contributed by atoms with van der Waals surface area (Å²) in [5.41, 5.74) is 6.84. The third-order valence-corrected chi connectivity index (χ3v) is 2.02. The summed E-state index contributed by atoms with van der Waals surface area (Å²) < 4.78 is 4.44. The van der Waals surface area contributed by atoms with Gasteiger partial charge in [-0.05, 0) is 17.7 Å². The van der Waals surface area contributed by atoms with Crippen LogP contribution in [0.25, 0.3) is 0 Å². The van der Waals surface area contributed by atoms with Gasteiger partial charge in [-0.15, -0.1) is 0 Å². The zero-order valence-electron chi connectivity index (χ0n) is 7.71. The number of nitrogens with two attached hydrogens (primary N) is 1. The summed E-state index contributed by atoms with van der Waals surface area (Å²) in [6.07, 6.45) is -0.555. The molecular weight excluding hydrogens is 204 g/mol. The lowest BCUT2D eigenvalue weighted by Crippen LogP contribution is -2.11. The molecule has 0 aliphatic rings. The minimum absolute atomic E-state index is 0.396. The van der Waals surface area contributed by atoms with Crippen LogP contribution in [0.4, 0.5) is 10.5 Å². The van der Waals surface area contributed by atoms with Crippen LogP contribution in [0, 0.1) is 0 Å². The number of rotatable bonds is 2.